The van der Waals surface area contributed by atoms with E-state index in [9.17, 15) is 4.79 Å². The first-order valence-corrected chi connectivity index (χ1v) is 7.85. The van der Waals surface area contributed by atoms with E-state index >= 15 is 0 Å². The van der Waals surface area contributed by atoms with Crippen LogP contribution in [0.3, 0.4) is 0 Å². The average Bonchev–Trinajstić information content (AvgIpc) is 2.04. The smallest absolute Gasteiger partial charge is 0.219 e. The van der Waals surface area contributed by atoms with Crippen molar-refractivity contribution in [1.82, 2.24) is 0 Å². The molecule has 0 unspecified atom stereocenters. The van der Waals surface area contributed by atoms with Crippen molar-refractivity contribution in [2.75, 3.05) is 0 Å². The van der Waals surface area contributed by atoms with Crippen LogP contribution in [0.5, 0.6) is 0 Å². The van der Waals surface area contributed by atoms with Crippen molar-refractivity contribution < 1.29 is 4.79 Å². The molecule has 0 saturated heterocycles. The Bertz CT molecular complexity index is 295. The molecule has 0 saturated carbocycles. The van der Waals surface area contributed by atoms with E-state index in [1.54, 1.807) is 0 Å². The summed E-state index contributed by atoms with van der Waals surface area (Å²) >= 11 is 5.41. The molecule has 70 valence electrons. The Balaban J connectivity index is 2.87. The number of rotatable bonds is 3. The zero-order chi connectivity index (χ0) is 9.90. The van der Waals surface area contributed by atoms with Crippen LogP contribution in [-0.4, -0.2) is 13.3 Å². The van der Waals surface area contributed by atoms with Crippen LogP contribution < -0.4 is 5.19 Å². The molecule has 0 fully saturated rings. The quantitative estimate of drug-likeness (QED) is 0.556. The standard InChI is InChI=1S/C10H13ClOSi/c1-13(2,8-10(11)12)9-6-4-3-5-7-9/h3-7H,8H2,1-2H3. The van der Waals surface area contributed by atoms with Crippen molar-refractivity contribution >= 4 is 30.1 Å². The lowest BCUT2D eigenvalue weighted by Gasteiger charge is -2.20. The van der Waals surface area contributed by atoms with Gasteiger partial charge in [0.2, 0.25) is 5.24 Å². The lowest BCUT2D eigenvalue weighted by atomic mass is 10.4. The maximum absolute atomic E-state index is 10.8. The summed E-state index contributed by atoms with van der Waals surface area (Å²) in [7, 11) is -1.62. The highest BCUT2D eigenvalue weighted by atomic mass is 35.5. The summed E-state index contributed by atoms with van der Waals surface area (Å²) in [6.07, 6.45) is 0. The fraction of sp³-hybridized carbons (Fsp3) is 0.300. The number of benzene rings is 1. The number of carbonyl (C=O) groups is 1. The molecule has 0 N–H and O–H groups in total. The molecule has 0 heterocycles. The van der Waals surface area contributed by atoms with Gasteiger partial charge in [-0.2, -0.15) is 0 Å². The molecule has 0 aliphatic rings. The maximum atomic E-state index is 10.8. The van der Waals surface area contributed by atoms with E-state index in [-0.39, 0.29) is 5.24 Å². The second-order valence-electron chi connectivity index (χ2n) is 3.78. The third kappa shape index (κ3) is 2.97. The summed E-state index contributed by atoms with van der Waals surface area (Å²) in [6.45, 7) is 4.31. The molecular formula is C10H13ClOSi. The highest BCUT2D eigenvalue weighted by Crippen LogP contribution is 2.11. The van der Waals surface area contributed by atoms with Crippen molar-refractivity contribution in [2.45, 2.75) is 19.1 Å². The van der Waals surface area contributed by atoms with Crippen molar-refractivity contribution in [3.8, 4) is 0 Å². The molecule has 1 aromatic carbocycles. The molecule has 0 amide bonds. The lowest BCUT2D eigenvalue weighted by Crippen LogP contribution is -2.42. The van der Waals surface area contributed by atoms with Crippen LogP contribution in [0, 0.1) is 0 Å². The van der Waals surface area contributed by atoms with Crippen LogP contribution in [0.25, 0.3) is 0 Å². The first-order valence-electron chi connectivity index (χ1n) is 4.26. The third-order valence-electron chi connectivity index (χ3n) is 2.14. The van der Waals surface area contributed by atoms with E-state index < -0.39 is 8.07 Å². The molecule has 0 aromatic heterocycles. The molecule has 0 radical (unpaired) electrons. The van der Waals surface area contributed by atoms with Gasteiger partial charge >= 0.3 is 0 Å². The minimum atomic E-state index is -1.62. The lowest BCUT2D eigenvalue weighted by molar-refractivity contribution is -0.109. The first-order chi connectivity index (χ1) is 6.02. The predicted molar refractivity (Wildman–Crippen MR) is 59.2 cm³/mol. The molecule has 0 spiro atoms. The topological polar surface area (TPSA) is 17.1 Å². The van der Waals surface area contributed by atoms with Crippen molar-refractivity contribution in [2.24, 2.45) is 0 Å². The largest absolute Gasteiger partial charge is 0.282 e. The summed E-state index contributed by atoms with van der Waals surface area (Å²) < 4.78 is 0. The predicted octanol–water partition coefficient (Wildman–Crippen LogP) is 2.37. The summed E-state index contributed by atoms with van der Waals surface area (Å²) in [5.41, 5.74) is 0. The summed E-state index contributed by atoms with van der Waals surface area (Å²) in [5.74, 6) is 0. The van der Waals surface area contributed by atoms with Crippen molar-refractivity contribution in [1.29, 1.82) is 0 Å². The molecule has 1 aromatic rings. The average molecular weight is 213 g/mol. The number of hydrogen-bond donors (Lipinski definition) is 0. The Hall–Kier alpha value is -0.603. The van der Waals surface area contributed by atoms with Gasteiger partial charge in [0.15, 0.2) is 0 Å². The zero-order valence-corrected chi connectivity index (χ0v) is 9.64. The van der Waals surface area contributed by atoms with Crippen LogP contribution in [-0.2, 0) is 4.79 Å². The van der Waals surface area contributed by atoms with Crippen LogP contribution in [0.15, 0.2) is 30.3 Å². The van der Waals surface area contributed by atoms with Gasteiger partial charge in [-0.15, -0.1) is 0 Å². The molecule has 1 nitrogen and oxygen atoms in total. The van der Waals surface area contributed by atoms with Gasteiger partial charge in [-0.3, -0.25) is 4.79 Å². The summed E-state index contributed by atoms with van der Waals surface area (Å²) in [4.78, 5) is 10.8. The highest BCUT2D eigenvalue weighted by molar-refractivity contribution is 6.94. The van der Waals surface area contributed by atoms with E-state index in [1.807, 2.05) is 18.2 Å². The second-order valence-corrected chi connectivity index (χ2v) is 8.90. The Morgan fingerprint density at radius 2 is 1.85 bits per heavy atom. The van der Waals surface area contributed by atoms with E-state index in [2.05, 4.69) is 25.2 Å². The molecule has 0 aliphatic carbocycles. The van der Waals surface area contributed by atoms with Gasteiger partial charge in [-0.1, -0.05) is 48.6 Å². The number of carbonyl (C=O) groups excluding carboxylic acids is 1. The van der Waals surface area contributed by atoms with Gasteiger partial charge in [-0.25, -0.2) is 0 Å². The van der Waals surface area contributed by atoms with E-state index in [4.69, 9.17) is 11.6 Å². The van der Waals surface area contributed by atoms with E-state index in [0.717, 1.165) is 0 Å². The molecule has 0 bridgehead atoms. The fourth-order valence-electron chi connectivity index (χ4n) is 1.34. The molecule has 1 rings (SSSR count). The Kier molecular flexibility index (Phi) is 3.28. The Labute approximate surface area is 84.7 Å². The molecule has 13 heavy (non-hydrogen) atoms. The summed E-state index contributed by atoms with van der Waals surface area (Å²) in [5, 5.41) is 1.06. The monoisotopic (exact) mass is 212 g/mol. The van der Waals surface area contributed by atoms with Crippen LogP contribution in [0.1, 0.15) is 0 Å². The molecule has 3 heteroatoms. The SMILES string of the molecule is C[Si](C)(CC(=O)Cl)c1ccccc1. The summed E-state index contributed by atoms with van der Waals surface area (Å²) in [6, 6.07) is 10.7. The second kappa shape index (κ2) is 4.07. The minimum Gasteiger partial charge on any atom is -0.282 e. The number of halogens is 1. The van der Waals surface area contributed by atoms with Gasteiger partial charge in [0, 0.05) is 6.04 Å². The highest BCUT2D eigenvalue weighted by Gasteiger charge is 2.25. The van der Waals surface area contributed by atoms with E-state index in [1.165, 1.54) is 5.19 Å². The molecular weight excluding hydrogens is 200 g/mol. The number of hydrogen-bond acceptors (Lipinski definition) is 1. The Morgan fingerprint density at radius 3 is 2.31 bits per heavy atom. The van der Waals surface area contributed by atoms with Gasteiger partial charge in [0.05, 0.1) is 8.07 Å². The van der Waals surface area contributed by atoms with Crippen LogP contribution in [0.4, 0.5) is 0 Å². The van der Waals surface area contributed by atoms with Crippen LogP contribution >= 0.6 is 11.6 Å². The molecule has 0 atom stereocenters. The van der Waals surface area contributed by atoms with Gasteiger partial charge in [-0.05, 0) is 11.6 Å². The van der Waals surface area contributed by atoms with Gasteiger partial charge < -0.3 is 0 Å². The maximum Gasteiger partial charge on any atom is 0.219 e. The van der Waals surface area contributed by atoms with Crippen molar-refractivity contribution in [3.05, 3.63) is 30.3 Å². The molecule has 0 aliphatic heterocycles. The fourth-order valence-corrected chi connectivity index (χ4v) is 4.33. The Morgan fingerprint density at radius 1 is 1.31 bits per heavy atom. The van der Waals surface area contributed by atoms with E-state index in [0.29, 0.717) is 6.04 Å². The minimum absolute atomic E-state index is 0.222. The zero-order valence-electron chi connectivity index (χ0n) is 7.88. The normalized spacial score (nSPS) is 11.3. The van der Waals surface area contributed by atoms with Crippen molar-refractivity contribution in [3.63, 3.8) is 0 Å². The van der Waals surface area contributed by atoms with Crippen LogP contribution in [0.2, 0.25) is 19.1 Å². The van der Waals surface area contributed by atoms with Gasteiger partial charge in [0.1, 0.15) is 0 Å². The first kappa shape index (κ1) is 10.5. The third-order valence-corrected chi connectivity index (χ3v) is 5.60. The van der Waals surface area contributed by atoms with Gasteiger partial charge in [0.25, 0.3) is 0 Å².